The van der Waals surface area contributed by atoms with E-state index in [0.29, 0.717) is 0 Å². The van der Waals surface area contributed by atoms with Crippen molar-refractivity contribution in [2.75, 3.05) is 0 Å². The van der Waals surface area contributed by atoms with E-state index in [-0.39, 0.29) is 0 Å². The number of allylic oxidation sites excluding steroid dienone is 8. The molecule has 1 aliphatic carbocycles. The maximum absolute atomic E-state index is 3.92. The van der Waals surface area contributed by atoms with Gasteiger partial charge in [0.2, 0.25) is 0 Å². The molecule has 95 valence electrons. The summed E-state index contributed by atoms with van der Waals surface area (Å²) in [5, 5.41) is 1.43. The normalized spacial score (nSPS) is 14.7. The van der Waals surface area contributed by atoms with Crippen molar-refractivity contribution in [1.82, 2.24) is 0 Å². The lowest BCUT2D eigenvalue weighted by Crippen LogP contribution is -2.34. The molecule has 0 atom stereocenters. The predicted octanol–water partition coefficient (Wildman–Crippen LogP) is 5.17. The van der Waals surface area contributed by atoms with E-state index in [9.17, 15) is 0 Å². The lowest BCUT2D eigenvalue weighted by atomic mass is 10.2. The van der Waals surface area contributed by atoms with Gasteiger partial charge in [0.1, 0.15) is 0 Å². The largest absolute Gasteiger partial charge is 0.103 e. The average molecular weight is 255 g/mol. The maximum atomic E-state index is 3.92. The highest BCUT2D eigenvalue weighted by molar-refractivity contribution is 6.88. The number of hydrogen-bond donors (Lipinski definition) is 0. The average Bonchev–Trinajstić information content (AvgIpc) is 2.79. The first-order valence-corrected chi connectivity index (χ1v) is 9.09. The molecule has 0 saturated heterocycles. The van der Waals surface area contributed by atoms with Gasteiger partial charge in [0, 0.05) is 0 Å². The molecule has 1 radical (unpaired) electrons. The van der Waals surface area contributed by atoms with Gasteiger partial charge in [-0.15, -0.1) is 26.3 Å². The third kappa shape index (κ3) is 3.33. The summed E-state index contributed by atoms with van der Waals surface area (Å²) in [6.45, 7) is 15.6. The second kappa shape index (κ2) is 7.17. The van der Waals surface area contributed by atoms with E-state index >= 15 is 0 Å². The highest BCUT2D eigenvalue weighted by Crippen LogP contribution is 2.35. The summed E-state index contributed by atoms with van der Waals surface area (Å²) in [5.74, 6) is 0. The van der Waals surface area contributed by atoms with E-state index in [1.165, 1.54) is 10.8 Å². The lowest BCUT2D eigenvalue weighted by molar-refractivity contribution is 1.12. The molecular formula is C17H23Si. The Morgan fingerprint density at radius 2 is 1.56 bits per heavy atom. The summed E-state index contributed by atoms with van der Waals surface area (Å²) in [5.41, 5.74) is 1.43. The monoisotopic (exact) mass is 255 g/mol. The highest BCUT2D eigenvalue weighted by Gasteiger charge is 2.33. The maximum Gasteiger partial charge on any atom is 0.0981 e. The van der Waals surface area contributed by atoms with Crippen LogP contribution in [-0.2, 0) is 0 Å². The Morgan fingerprint density at radius 3 is 2.00 bits per heavy atom. The molecule has 1 rings (SSSR count). The molecule has 0 aromatic rings. The van der Waals surface area contributed by atoms with Crippen LogP contribution < -0.4 is 0 Å². The molecule has 0 aromatic carbocycles. The Labute approximate surface area is 113 Å². The van der Waals surface area contributed by atoms with Crippen LogP contribution in [0.2, 0.25) is 18.1 Å². The minimum atomic E-state index is -1.59. The minimum absolute atomic E-state index is 0.960. The zero-order valence-electron chi connectivity index (χ0n) is 11.3. The van der Waals surface area contributed by atoms with Gasteiger partial charge in [-0.3, -0.25) is 0 Å². The number of rotatable bonds is 9. The van der Waals surface area contributed by atoms with Crippen LogP contribution in [0.1, 0.15) is 12.8 Å². The summed E-state index contributed by atoms with van der Waals surface area (Å²) in [4.78, 5) is 0. The fourth-order valence-electron chi connectivity index (χ4n) is 2.58. The van der Waals surface area contributed by atoms with Crippen LogP contribution in [-0.4, -0.2) is 8.07 Å². The Hall–Kier alpha value is -1.34. The second-order valence-corrected chi connectivity index (χ2v) is 9.15. The Bertz CT molecular complexity index is 369. The lowest BCUT2D eigenvalue weighted by Gasteiger charge is -2.29. The van der Waals surface area contributed by atoms with Gasteiger partial charge < -0.3 is 0 Å². The molecule has 0 N–H and O–H groups in total. The van der Waals surface area contributed by atoms with E-state index in [2.05, 4.69) is 38.5 Å². The van der Waals surface area contributed by atoms with E-state index < -0.39 is 8.07 Å². The van der Waals surface area contributed by atoms with Gasteiger partial charge in [0.05, 0.1) is 8.07 Å². The Morgan fingerprint density at radius 1 is 1.00 bits per heavy atom. The molecule has 1 heteroatoms. The van der Waals surface area contributed by atoms with E-state index in [1.807, 2.05) is 24.3 Å². The zero-order valence-corrected chi connectivity index (χ0v) is 12.3. The summed E-state index contributed by atoms with van der Waals surface area (Å²) in [6, 6.07) is 3.22. The molecule has 0 aromatic heterocycles. The first-order chi connectivity index (χ1) is 8.72. The Balaban J connectivity index is 3.01. The van der Waals surface area contributed by atoms with Gasteiger partial charge in [-0.1, -0.05) is 41.1 Å². The van der Waals surface area contributed by atoms with Crippen molar-refractivity contribution in [3.05, 3.63) is 73.5 Å². The van der Waals surface area contributed by atoms with E-state index in [0.717, 1.165) is 31.0 Å². The summed E-state index contributed by atoms with van der Waals surface area (Å²) < 4.78 is 0. The quantitative estimate of drug-likeness (QED) is 0.394. The third-order valence-electron chi connectivity index (χ3n) is 3.44. The highest BCUT2D eigenvalue weighted by atomic mass is 28.3. The van der Waals surface area contributed by atoms with Gasteiger partial charge in [0.15, 0.2) is 0 Å². The minimum Gasteiger partial charge on any atom is -0.103 e. The van der Waals surface area contributed by atoms with Crippen LogP contribution >= 0.6 is 0 Å². The molecule has 0 heterocycles. The molecule has 0 unspecified atom stereocenters. The zero-order chi connectivity index (χ0) is 13.4. The molecule has 0 saturated carbocycles. The van der Waals surface area contributed by atoms with Gasteiger partial charge in [0.25, 0.3) is 0 Å². The molecule has 0 amide bonds. The molecule has 1 aliphatic rings. The molecule has 0 nitrogen and oxygen atoms in total. The molecule has 0 fully saturated rings. The standard InChI is InChI=1S/C17H23Si/c1-5-9-16-10-11-17(15-16)18(12-6-2,13-7-3)14-8-4/h5-8,15H,1-4,9-10,12-14H2. The van der Waals surface area contributed by atoms with E-state index in [4.69, 9.17) is 0 Å². The fourth-order valence-corrected chi connectivity index (χ4v) is 6.37. The van der Waals surface area contributed by atoms with E-state index in [1.54, 1.807) is 0 Å². The predicted molar refractivity (Wildman–Crippen MR) is 85.0 cm³/mol. The van der Waals surface area contributed by atoms with Crippen LogP contribution in [0.15, 0.2) is 67.5 Å². The van der Waals surface area contributed by atoms with Crippen LogP contribution in [0.5, 0.6) is 0 Å². The van der Waals surface area contributed by atoms with Crippen molar-refractivity contribution in [3.63, 3.8) is 0 Å². The van der Waals surface area contributed by atoms with Gasteiger partial charge >= 0.3 is 0 Å². The van der Waals surface area contributed by atoms with Gasteiger partial charge in [-0.25, -0.2) is 0 Å². The number of hydrogen-bond acceptors (Lipinski definition) is 0. The van der Waals surface area contributed by atoms with Crippen molar-refractivity contribution in [1.29, 1.82) is 0 Å². The van der Waals surface area contributed by atoms with Gasteiger partial charge in [-0.05, 0) is 37.0 Å². The van der Waals surface area contributed by atoms with Crippen molar-refractivity contribution >= 4 is 8.07 Å². The molecular weight excluding hydrogens is 232 g/mol. The van der Waals surface area contributed by atoms with Crippen LogP contribution in [0.3, 0.4) is 0 Å². The van der Waals surface area contributed by atoms with Crippen molar-refractivity contribution < 1.29 is 0 Å². The van der Waals surface area contributed by atoms with Crippen LogP contribution in [0.4, 0.5) is 0 Å². The fraction of sp³-hybridized carbons (Fsp3) is 0.294. The molecule has 18 heavy (non-hydrogen) atoms. The van der Waals surface area contributed by atoms with Crippen LogP contribution in [0.25, 0.3) is 0 Å². The SMILES string of the molecule is C=CCC1=CC([Si](CC=C)(CC=C)CC=C)=[C]C1. The Kier molecular flexibility index (Phi) is 5.86. The topological polar surface area (TPSA) is 0 Å². The summed E-state index contributed by atoms with van der Waals surface area (Å²) >= 11 is 0. The summed E-state index contributed by atoms with van der Waals surface area (Å²) in [7, 11) is -1.59. The van der Waals surface area contributed by atoms with Crippen molar-refractivity contribution in [3.8, 4) is 0 Å². The first kappa shape index (κ1) is 14.7. The first-order valence-electron chi connectivity index (χ1n) is 6.46. The second-order valence-electron chi connectivity index (χ2n) is 4.82. The van der Waals surface area contributed by atoms with Crippen molar-refractivity contribution in [2.24, 2.45) is 0 Å². The molecule has 0 aliphatic heterocycles. The van der Waals surface area contributed by atoms with Crippen molar-refractivity contribution in [2.45, 2.75) is 31.0 Å². The molecule has 0 spiro atoms. The summed E-state index contributed by atoms with van der Waals surface area (Å²) in [6.07, 6.45) is 16.0. The van der Waals surface area contributed by atoms with Crippen LogP contribution in [0, 0.1) is 6.08 Å². The third-order valence-corrected chi connectivity index (χ3v) is 8.11. The smallest absolute Gasteiger partial charge is 0.0981 e. The van der Waals surface area contributed by atoms with Gasteiger partial charge in [-0.2, -0.15) is 0 Å². The molecule has 0 bridgehead atoms.